The van der Waals surface area contributed by atoms with Crippen LogP contribution in [0.5, 0.6) is 5.88 Å². The summed E-state index contributed by atoms with van der Waals surface area (Å²) in [6, 6.07) is 6.85. The molecule has 0 aliphatic heterocycles. The smallest absolute Gasteiger partial charge is 0.417 e. The number of imidazole rings is 1. The van der Waals surface area contributed by atoms with E-state index < -0.39 is 40.6 Å². The molecule has 3 rings (SSSR count). The summed E-state index contributed by atoms with van der Waals surface area (Å²) in [5.41, 5.74) is -4.21. The Morgan fingerprint density at radius 3 is 2.03 bits per heavy atom. The molecule has 32 heavy (non-hydrogen) atoms. The monoisotopic (exact) mass is 468 g/mol. The van der Waals surface area contributed by atoms with E-state index in [2.05, 4.69) is 4.85 Å². The molecule has 0 radical (unpaired) electrons. The normalized spacial score (nSPS) is 11.8. The Hall–Kier alpha value is -3.77. The molecule has 0 unspecified atom stereocenters. The zero-order chi connectivity index (χ0) is 24.0. The Kier molecular flexibility index (Phi) is 5.53. The second kappa shape index (κ2) is 7.73. The lowest BCUT2D eigenvalue weighted by molar-refractivity contribution is -0.138. The van der Waals surface area contributed by atoms with Gasteiger partial charge in [-0.15, -0.1) is 0 Å². The van der Waals surface area contributed by atoms with Crippen molar-refractivity contribution < 1.29 is 31.4 Å². The average molecular weight is 468 g/mol. The van der Waals surface area contributed by atoms with Crippen LogP contribution in [0.4, 0.5) is 32.0 Å². The van der Waals surface area contributed by atoms with Crippen LogP contribution in [0.15, 0.2) is 36.4 Å². The predicted octanol–water partition coefficient (Wildman–Crippen LogP) is 6.47. The standard InChI is InChI=1S/C20H10F6N4OS/c1-10-17(31)30(13-5-6-16(28-2)15(8-13)20(24,25)26)18(32)29(10)12-4-3-11(9-27)14(7-12)19(21,22)23/h3-8,31H,1H3. The molecule has 1 heterocycles. The van der Waals surface area contributed by atoms with Gasteiger partial charge in [-0.1, -0.05) is 6.07 Å². The van der Waals surface area contributed by atoms with Crippen molar-refractivity contribution >= 4 is 17.9 Å². The summed E-state index contributed by atoms with van der Waals surface area (Å²) >= 11 is 5.24. The molecule has 0 fully saturated rings. The van der Waals surface area contributed by atoms with Crippen molar-refractivity contribution in [1.82, 2.24) is 9.13 Å². The van der Waals surface area contributed by atoms with E-state index in [1.807, 2.05) is 0 Å². The summed E-state index contributed by atoms with van der Waals surface area (Å²) in [6.07, 6.45) is -9.71. The Morgan fingerprint density at radius 1 is 0.969 bits per heavy atom. The molecule has 0 amide bonds. The second-order valence-corrected chi connectivity index (χ2v) is 6.88. The van der Waals surface area contributed by atoms with E-state index in [4.69, 9.17) is 24.1 Å². The number of rotatable bonds is 2. The molecule has 0 saturated heterocycles. The molecule has 0 bridgehead atoms. The van der Waals surface area contributed by atoms with Gasteiger partial charge in [0.05, 0.1) is 35.0 Å². The van der Waals surface area contributed by atoms with Crippen molar-refractivity contribution in [2.75, 3.05) is 0 Å². The summed E-state index contributed by atoms with van der Waals surface area (Å²) in [5, 5.41) is 19.5. The molecular weight excluding hydrogens is 458 g/mol. The lowest BCUT2D eigenvalue weighted by Crippen LogP contribution is -2.10. The fourth-order valence-corrected chi connectivity index (χ4v) is 3.56. The maximum atomic E-state index is 13.3. The van der Waals surface area contributed by atoms with Crippen molar-refractivity contribution in [3.63, 3.8) is 0 Å². The highest BCUT2D eigenvalue weighted by atomic mass is 32.1. The molecule has 3 aromatic rings. The Morgan fingerprint density at radius 2 is 1.50 bits per heavy atom. The fraction of sp³-hybridized carbons (Fsp3) is 0.150. The van der Waals surface area contributed by atoms with E-state index in [-0.39, 0.29) is 21.8 Å². The van der Waals surface area contributed by atoms with Crippen LogP contribution in [-0.2, 0) is 12.4 Å². The van der Waals surface area contributed by atoms with Crippen LogP contribution in [0.2, 0.25) is 0 Å². The van der Waals surface area contributed by atoms with Gasteiger partial charge in [0.2, 0.25) is 5.88 Å². The largest absolute Gasteiger partial charge is 0.493 e. The summed E-state index contributed by atoms with van der Waals surface area (Å²) in [5.74, 6) is -0.600. The maximum absolute atomic E-state index is 13.3. The zero-order valence-electron chi connectivity index (χ0n) is 15.9. The Bertz CT molecular complexity index is 1270. The highest BCUT2D eigenvalue weighted by molar-refractivity contribution is 7.71. The first kappa shape index (κ1) is 22.9. The van der Waals surface area contributed by atoms with Crippen LogP contribution in [-0.4, -0.2) is 14.2 Å². The minimum atomic E-state index is -4.86. The van der Waals surface area contributed by atoms with Crippen molar-refractivity contribution in [3.05, 3.63) is 75.0 Å². The van der Waals surface area contributed by atoms with Gasteiger partial charge in [-0.2, -0.15) is 31.6 Å². The molecule has 2 aromatic carbocycles. The number of alkyl halides is 6. The lowest BCUT2D eigenvalue weighted by atomic mass is 10.1. The molecule has 0 atom stereocenters. The predicted molar refractivity (Wildman–Crippen MR) is 103 cm³/mol. The maximum Gasteiger partial charge on any atom is 0.417 e. The number of aromatic nitrogens is 2. The minimum Gasteiger partial charge on any atom is -0.493 e. The number of hydrogen-bond acceptors (Lipinski definition) is 3. The molecule has 12 heteroatoms. The van der Waals surface area contributed by atoms with Gasteiger partial charge in [-0.25, -0.2) is 4.85 Å². The fourth-order valence-electron chi connectivity index (χ4n) is 3.12. The van der Waals surface area contributed by atoms with E-state index in [0.29, 0.717) is 12.1 Å². The summed E-state index contributed by atoms with van der Waals surface area (Å²) in [6.45, 7) is 8.22. The summed E-state index contributed by atoms with van der Waals surface area (Å²) in [4.78, 5) is 2.83. The lowest BCUT2D eigenvalue weighted by Gasteiger charge is -2.13. The first-order valence-corrected chi connectivity index (χ1v) is 8.96. The van der Waals surface area contributed by atoms with Crippen LogP contribution in [0.1, 0.15) is 22.4 Å². The number of hydrogen-bond donors (Lipinski definition) is 1. The zero-order valence-corrected chi connectivity index (χ0v) is 16.7. The minimum absolute atomic E-state index is 0.0457. The van der Waals surface area contributed by atoms with E-state index in [1.165, 1.54) is 19.1 Å². The van der Waals surface area contributed by atoms with E-state index in [1.54, 1.807) is 0 Å². The molecular formula is C20H10F6N4OS. The number of benzene rings is 2. The quantitative estimate of drug-likeness (QED) is 0.266. The van der Waals surface area contributed by atoms with Crippen LogP contribution in [0, 0.1) is 29.6 Å². The summed E-state index contributed by atoms with van der Waals surface area (Å²) < 4.78 is 81.6. The van der Waals surface area contributed by atoms with Gasteiger partial charge < -0.3 is 5.11 Å². The van der Waals surface area contributed by atoms with E-state index >= 15 is 0 Å². The highest BCUT2D eigenvalue weighted by Crippen LogP contribution is 2.39. The van der Waals surface area contributed by atoms with Gasteiger partial charge in [0.1, 0.15) is 0 Å². The molecule has 0 saturated carbocycles. The van der Waals surface area contributed by atoms with Gasteiger partial charge in [-0.3, -0.25) is 9.13 Å². The van der Waals surface area contributed by atoms with E-state index in [0.717, 1.165) is 27.3 Å². The average Bonchev–Trinajstić information content (AvgIpc) is 2.94. The van der Waals surface area contributed by atoms with Crippen LogP contribution in [0.25, 0.3) is 16.2 Å². The van der Waals surface area contributed by atoms with Crippen molar-refractivity contribution in [2.45, 2.75) is 19.3 Å². The molecule has 0 spiro atoms. The number of nitrogens with zero attached hydrogens (tertiary/aromatic N) is 4. The van der Waals surface area contributed by atoms with Crippen molar-refractivity contribution in [3.8, 4) is 23.3 Å². The number of aromatic hydroxyl groups is 1. The SMILES string of the molecule is [C-]#[N+]c1ccc(-n2c(O)c(C)n(-c3ccc(C#N)c(C(F)(F)F)c3)c2=S)cc1C(F)(F)F. The van der Waals surface area contributed by atoms with Gasteiger partial charge >= 0.3 is 12.4 Å². The molecule has 1 aromatic heterocycles. The number of nitriles is 1. The molecule has 164 valence electrons. The first-order chi connectivity index (χ1) is 14.8. The van der Waals surface area contributed by atoms with Crippen molar-refractivity contribution in [2.24, 2.45) is 0 Å². The van der Waals surface area contributed by atoms with Gasteiger partial charge in [0.25, 0.3) is 0 Å². The Balaban J connectivity index is 2.29. The number of halogens is 6. The molecule has 5 nitrogen and oxygen atoms in total. The molecule has 1 N–H and O–H groups in total. The summed E-state index contributed by atoms with van der Waals surface area (Å²) in [7, 11) is 0. The Labute approximate surface area is 181 Å². The third kappa shape index (κ3) is 3.81. The van der Waals surface area contributed by atoms with E-state index in [9.17, 15) is 31.4 Å². The van der Waals surface area contributed by atoms with Gasteiger partial charge in [0, 0.05) is 11.4 Å². The van der Waals surface area contributed by atoms with Crippen LogP contribution < -0.4 is 0 Å². The first-order valence-electron chi connectivity index (χ1n) is 8.55. The third-order valence-corrected chi connectivity index (χ3v) is 4.97. The van der Waals surface area contributed by atoms with Crippen LogP contribution in [0.3, 0.4) is 0 Å². The topological polar surface area (TPSA) is 58.2 Å². The second-order valence-electron chi connectivity index (χ2n) is 6.51. The molecule has 0 aliphatic carbocycles. The van der Waals surface area contributed by atoms with Crippen LogP contribution >= 0.6 is 12.2 Å². The van der Waals surface area contributed by atoms with Gasteiger partial charge in [-0.05, 0) is 49.5 Å². The molecule has 0 aliphatic rings. The van der Waals surface area contributed by atoms with Gasteiger partial charge in [0.15, 0.2) is 10.5 Å². The highest BCUT2D eigenvalue weighted by Gasteiger charge is 2.35. The third-order valence-electron chi connectivity index (χ3n) is 4.60. The van der Waals surface area contributed by atoms with Crippen molar-refractivity contribution in [1.29, 1.82) is 5.26 Å².